The molecule has 1 aromatic carbocycles. The van der Waals surface area contributed by atoms with Crippen molar-refractivity contribution in [2.75, 3.05) is 32.8 Å². The highest BCUT2D eigenvalue weighted by Crippen LogP contribution is 2.31. The summed E-state index contributed by atoms with van der Waals surface area (Å²) < 4.78 is 2.19. The van der Waals surface area contributed by atoms with Crippen LogP contribution in [0.3, 0.4) is 0 Å². The molecule has 0 radical (unpaired) electrons. The molecule has 1 saturated carbocycles. The van der Waals surface area contributed by atoms with Crippen molar-refractivity contribution in [2.24, 2.45) is 5.92 Å². The fraction of sp³-hybridized carbons (Fsp3) is 0.571. The van der Waals surface area contributed by atoms with Gasteiger partial charge in [0.15, 0.2) is 0 Å². The molecule has 2 fully saturated rings. The Bertz CT molecular complexity index is 781. The van der Waals surface area contributed by atoms with Gasteiger partial charge in [-0.15, -0.1) is 0 Å². The van der Waals surface area contributed by atoms with Crippen LogP contribution in [0.2, 0.25) is 0 Å². The Balaban J connectivity index is 1.48. The van der Waals surface area contributed by atoms with E-state index in [0.29, 0.717) is 0 Å². The minimum Gasteiger partial charge on any atom is -0.396 e. The number of benzene rings is 1. The van der Waals surface area contributed by atoms with Crippen LogP contribution in [0.25, 0.3) is 10.9 Å². The first-order valence-electron chi connectivity index (χ1n) is 9.92. The zero-order valence-corrected chi connectivity index (χ0v) is 15.6. The summed E-state index contributed by atoms with van der Waals surface area (Å²) in [6.45, 7) is 6.79. The lowest BCUT2D eigenvalue weighted by Crippen LogP contribution is -2.55. The van der Waals surface area contributed by atoms with Gasteiger partial charge in [-0.25, -0.2) is 0 Å². The summed E-state index contributed by atoms with van der Waals surface area (Å²) in [6.07, 6.45) is 5.49. The van der Waals surface area contributed by atoms with Crippen LogP contribution in [0.1, 0.15) is 36.5 Å². The number of carbonyl (C=O) groups is 1. The molecule has 1 aromatic heterocycles. The van der Waals surface area contributed by atoms with Gasteiger partial charge in [0, 0.05) is 68.0 Å². The van der Waals surface area contributed by atoms with Gasteiger partial charge >= 0.3 is 0 Å². The summed E-state index contributed by atoms with van der Waals surface area (Å²) in [5, 5.41) is 10.6. The highest BCUT2D eigenvalue weighted by atomic mass is 16.3. The van der Waals surface area contributed by atoms with Gasteiger partial charge in [0.05, 0.1) is 0 Å². The van der Waals surface area contributed by atoms with E-state index >= 15 is 0 Å². The number of rotatable bonds is 6. The summed E-state index contributed by atoms with van der Waals surface area (Å²) in [4.78, 5) is 17.5. The second kappa shape index (κ2) is 7.41. The predicted octanol–water partition coefficient (Wildman–Crippen LogP) is 2.58. The summed E-state index contributed by atoms with van der Waals surface area (Å²) >= 11 is 0. The lowest BCUT2D eigenvalue weighted by atomic mass is 10.1. The van der Waals surface area contributed by atoms with Crippen molar-refractivity contribution in [1.82, 2.24) is 14.4 Å². The van der Waals surface area contributed by atoms with E-state index in [4.69, 9.17) is 0 Å². The molecular weight excluding hydrogens is 326 g/mol. The Hall–Kier alpha value is -1.85. The SMILES string of the molecule is CCn1ccc2cc(C(=O)N3CCN(CC4CC4)[C@@H](CCO)C3)ccc21. The van der Waals surface area contributed by atoms with Crippen molar-refractivity contribution in [1.29, 1.82) is 0 Å². The first kappa shape index (κ1) is 17.6. The Morgan fingerprint density at radius 1 is 1.23 bits per heavy atom. The first-order chi connectivity index (χ1) is 12.7. The maximum atomic E-state index is 13.0. The standard InChI is InChI=1S/C21H29N3O2/c1-2-22-9-7-17-13-18(5-6-20(17)22)21(26)24-11-10-23(14-16-3-4-16)19(15-24)8-12-25/h5-7,9,13,16,19,25H,2-4,8,10-12,14-15H2,1H3/t19-/m0/s1. The fourth-order valence-electron chi connectivity index (χ4n) is 4.16. The summed E-state index contributed by atoms with van der Waals surface area (Å²) in [6, 6.07) is 8.39. The molecule has 5 heteroatoms. The number of carbonyl (C=O) groups excluding carboxylic acids is 1. The van der Waals surface area contributed by atoms with Crippen molar-refractivity contribution in [3.63, 3.8) is 0 Å². The number of fused-ring (bicyclic) bond motifs is 1. The molecule has 1 aliphatic carbocycles. The largest absolute Gasteiger partial charge is 0.396 e. The lowest BCUT2D eigenvalue weighted by molar-refractivity contribution is 0.0407. The zero-order chi connectivity index (χ0) is 18.1. The molecule has 0 spiro atoms. The normalized spacial score (nSPS) is 21.5. The van der Waals surface area contributed by atoms with Crippen molar-refractivity contribution in [3.8, 4) is 0 Å². The molecule has 1 amide bonds. The topological polar surface area (TPSA) is 48.7 Å². The van der Waals surface area contributed by atoms with Gasteiger partial charge in [0.25, 0.3) is 5.91 Å². The maximum absolute atomic E-state index is 13.0. The molecule has 4 rings (SSSR count). The van der Waals surface area contributed by atoms with Crippen LogP contribution in [0.5, 0.6) is 0 Å². The van der Waals surface area contributed by atoms with Gasteiger partial charge in [0.1, 0.15) is 0 Å². The second-order valence-corrected chi connectivity index (χ2v) is 7.73. The van der Waals surface area contributed by atoms with Gasteiger partial charge in [-0.2, -0.15) is 0 Å². The van der Waals surface area contributed by atoms with Crippen LogP contribution in [0, 0.1) is 5.92 Å². The smallest absolute Gasteiger partial charge is 0.253 e. The Morgan fingerprint density at radius 2 is 2.08 bits per heavy atom. The molecule has 1 saturated heterocycles. The Morgan fingerprint density at radius 3 is 2.81 bits per heavy atom. The monoisotopic (exact) mass is 355 g/mol. The molecule has 5 nitrogen and oxygen atoms in total. The van der Waals surface area contributed by atoms with E-state index in [2.05, 4.69) is 34.7 Å². The number of amides is 1. The molecule has 2 aliphatic rings. The fourth-order valence-corrected chi connectivity index (χ4v) is 4.16. The van der Waals surface area contributed by atoms with Crippen LogP contribution < -0.4 is 0 Å². The summed E-state index contributed by atoms with van der Waals surface area (Å²) in [5.74, 6) is 0.952. The molecule has 1 atom stereocenters. The minimum absolute atomic E-state index is 0.116. The third-order valence-electron chi connectivity index (χ3n) is 5.90. The van der Waals surface area contributed by atoms with Gasteiger partial charge in [-0.05, 0) is 56.4 Å². The third-order valence-corrected chi connectivity index (χ3v) is 5.90. The van der Waals surface area contributed by atoms with Gasteiger partial charge < -0.3 is 14.6 Å². The highest BCUT2D eigenvalue weighted by Gasteiger charge is 2.33. The first-order valence-corrected chi connectivity index (χ1v) is 9.92. The van der Waals surface area contributed by atoms with E-state index in [-0.39, 0.29) is 18.6 Å². The molecule has 0 unspecified atom stereocenters. The number of hydrogen-bond acceptors (Lipinski definition) is 3. The zero-order valence-electron chi connectivity index (χ0n) is 15.6. The van der Waals surface area contributed by atoms with Crippen LogP contribution in [-0.4, -0.2) is 64.2 Å². The molecule has 26 heavy (non-hydrogen) atoms. The van der Waals surface area contributed by atoms with Crippen LogP contribution in [0.4, 0.5) is 0 Å². The number of aromatic nitrogens is 1. The molecule has 1 aliphatic heterocycles. The molecular formula is C21H29N3O2. The van der Waals surface area contributed by atoms with Gasteiger partial charge in [-0.1, -0.05) is 0 Å². The van der Waals surface area contributed by atoms with Crippen LogP contribution in [0.15, 0.2) is 30.5 Å². The van der Waals surface area contributed by atoms with Crippen molar-refractivity contribution >= 4 is 16.8 Å². The summed E-state index contributed by atoms with van der Waals surface area (Å²) in [5.41, 5.74) is 1.95. The summed E-state index contributed by atoms with van der Waals surface area (Å²) in [7, 11) is 0. The second-order valence-electron chi connectivity index (χ2n) is 7.73. The minimum atomic E-state index is 0.116. The highest BCUT2D eigenvalue weighted by molar-refractivity contribution is 5.98. The third kappa shape index (κ3) is 3.51. The molecule has 2 heterocycles. The number of aliphatic hydroxyl groups excluding tert-OH is 1. The van der Waals surface area contributed by atoms with Crippen molar-refractivity contribution < 1.29 is 9.90 Å². The van der Waals surface area contributed by atoms with Crippen molar-refractivity contribution in [2.45, 2.75) is 38.8 Å². The van der Waals surface area contributed by atoms with Gasteiger partial charge in [0.2, 0.25) is 0 Å². The number of nitrogens with zero attached hydrogens (tertiary/aromatic N) is 3. The maximum Gasteiger partial charge on any atom is 0.253 e. The Kier molecular flexibility index (Phi) is 5.00. The van der Waals surface area contributed by atoms with E-state index in [0.717, 1.165) is 56.0 Å². The van der Waals surface area contributed by atoms with Crippen LogP contribution >= 0.6 is 0 Å². The van der Waals surface area contributed by atoms with E-state index in [1.807, 2.05) is 17.0 Å². The number of aryl methyl sites for hydroxylation is 1. The number of aliphatic hydroxyl groups is 1. The number of piperazine rings is 1. The van der Waals surface area contributed by atoms with E-state index in [1.165, 1.54) is 18.4 Å². The Labute approximate surface area is 155 Å². The lowest BCUT2D eigenvalue weighted by Gasteiger charge is -2.41. The molecule has 2 aromatic rings. The molecule has 1 N–H and O–H groups in total. The van der Waals surface area contributed by atoms with Crippen molar-refractivity contribution in [3.05, 3.63) is 36.0 Å². The average molecular weight is 355 g/mol. The van der Waals surface area contributed by atoms with E-state index in [1.54, 1.807) is 0 Å². The molecule has 0 bridgehead atoms. The quantitative estimate of drug-likeness (QED) is 0.866. The number of hydrogen-bond donors (Lipinski definition) is 1. The van der Waals surface area contributed by atoms with Crippen LogP contribution in [-0.2, 0) is 6.54 Å². The molecule has 140 valence electrons. The van der Waals surface area contributed by atoms with Gasteiger partial charge in [-0.3, -0.25) is 9.69 Å². The predicted molar refractivity (Wildman–Crippen MR) is 103 cm³/mol. The average Bonchev–Trinajstić information content (AvgIpc) is 3.38. The van der Waals surface area contributed by atoms with E-state index < -0.39 is 0 Å². The van der Waals surface area contributed by atoms with E-state index in [9.17, 15) is 9.90 Å².